The van der Waals surface area contributed by atoms with Crippen LogP contribution in [0, 0.1) is 5.82 Å². The lowest BCUT2D eigenvalue weighted by atomic mass is 10.2. The van der Waals surface area contributed by atoms with Gasteiger partial charge in [-0.25, -0.2) is 9.37 Å². The summed E-state index contributed by atoms with van der Waals surface area (Å²) in [5, 5.41) is 0. The maximum absolute atomic E-state index is 13.8. The molecule has 0 aliphatic heterocycles. The average Bonchev–Trinajstić information content (AvgIpc) is 2.40. The number of rotatable bonds is 3. The molecule has 1 heterocycles. The number of alkyl halides is 4. The Morgan fingerprint density at radius 1 is 1.15 bits per heavy atom. The topological polar surface area (TPSA) is 22.1 Å². The minimum Gasteiger partial charge on any atom is -0.436 e. The average molecular weight is 306 g/mol. The van der Waals surface area contributed by atoms with Crippen molar-refractivity contribution in [1.29, 1.82) is 0 Å². The van der Waals surface area contributed by atoms with E-state index in [1.54, 1.807) is 0 Å². The van der Waals surface area contributed by atoms with Gasteiger partial charge in [-0.05, 0) is 18.2 Å². The van der Waals surface area contributed by atoms with E-state index >= 15 is 0 Å². The lowest BCUT2D eigenvalue weighted by molar-refractivity contribution is -0.138. The first-order valence-electron chi connectivity index (χ1n) is 5.47. The van der Waals surface area contributed by atoms with E-state index in [4.69, 9.17) is 16.3 Å². The molecule has 0 amide bonds. The molecule has 0 N–H and O–H groups in total. The van der Waals surface area contributed by atoms with Crippen LogP contribution < -0.4 is 4.74 Å². The summed E-state index contributed by atoms with van der Waals surface area (Å²) in [6.45, 7) is 0. The van der Waals surface area contributed by atoms with Crippen LogP contribution in [-0.2, 0) is 12.1 Å². The third-order valence-corrected chi connectivity index (χ3v) is 2.77. The molecule has 7 heteroatoms. The molecular weight excluding hydrogens is 298 g/mol. The van der Waals surface area contributed by atoms with E-state index in [0.717, 1.165) is 12.1 Å². The summed E-state index contributed by atoms with van der Waals surface area (Å²) in [6, 6.07) is 5.84. The van der Waals surface area contributed by atoms with Crippen molar-refractivity contribution in [1.82, 2.24) is 4.98 Å². The molecule has 106 valence electrons. The Balaban J connectivity index is 2.41. The number of aromatic nitrogens is 1. The summed E-state index contributed by atoms with van der Waals surface area (Å²) in [4.78, 5) is 3.58. The molecule has 0 saturated heterocycles. The summed E-state index contributed by atoms with van der Waals surface area (Å²) in [7, 11) is 0. The van der Waals surface area contributed by atoms with E-state index in [0.29, 0.717) is 0 Å². The Kier molecular flexibility index (Phi) is 4.13. The molecule has 0 radical (unpaired) electrons. The van der Waals surface area contributed by atoms with E-state index in [2.05, 4.69) is 4.98 Å². The normalized spacial score (nSPS) is 11.4. The minimum atomic E-state index is -4.60. The van der Waals surface area contributed by atoms with Crippen molar-refractivity contribution in [2.75, 3.05) is 0 Å². The van der Waals surface area contributed by atoms with Gasteiger partial charge in [0, 0.05) is 11.8 Å². The second-order valence-electron chi connectivity index (χ2n) is 3.82. The van der Waals surface area contributed by atoms with Crippen molar-refractivity contribution in [3.63, 3.8) is 0 Å². The van der Waals surface area contributed by atoms with Gasteiger partial charge in [0.25, 0.3) is 5.88 Å². The van der Waals surface area contributed by atoms with E-state index < -0.39 is 29.2 Å². The fourth-order valence-corrected chi connectivity index (χ4v) is 1.74. The van der Waals surface area contributed by atoms with Gasteiger partial charge in [-0.15, -0.1) is 11.6 Å². The molecule has 0 bridgehead atoms. The largest absolute Gasteiger partial charge is 0.436 e. The first kappa shape index (κ1) is 14.6. The molecule has 1 aromatic heterocycles. The summed E-state index contributed by atoms with van der Waals surface area (Å²) in [6.07, 6.45) is -3.39. The molecule has 0 atom stereocenters. The van der Waals surface area contributed by atoms with Gasteiger partial charge in [-0.3, -0.25) is 0 Å². The van der Waals surface area contributed by atoms with Crippen LogP contribution in [0.1, 0.15) is 11.1 Å². The number of halogens is 5. The zero-order valence-electron chi connectivity index (χ0n) is 9.92. The van der Waals surface area contributed by atoms with Crippen molar-refractivity contribution in [2.24, 2.45) is 0 Å². The van der Waals surface area contributed by atoms with Gasteiger partial charge >= 0.3 is 6.18 Å². The van der Waals surface area contributed by atoms with E-state index in [9.17, 15) is 17.6 Å². The predicted molar refractivity (Wildman–Crippen MR) is 65.3 cm³/mol. The first-order valence-corrected chi connectivity index (χ1v) is 6.00. The highest BCUT2D eigenvalue weighted by molar-refractivity contribution is 6.17. The smallest absolute Gasteiger partial charge is 0.419 e. The first-order chi connectivity index (χ1) is 9.43. The van der Waals surface area contributed by atoms with E-state index in [1.165, 1.54) is 24.4 Å². The highest BCUT2D eigenvalue weighted by atomic mass is 35.5. The maximum atomic E-state index is 13.8. The van der Waals surface area contributed by atoms with Crippen LogP contribution in [0.15, 0.2) is 36.5 Å². The van der Waals surface area contributed by atoms with Crippen molar-refractivity contribution >= 4 is 11.6 Å². The molecule has 0 fully saturated rings. The van der Waals surface area contributed by atoms with Crippen LogP contribution in [0.5, 0.6) is 11.6 Å². The Hall–Kier alpha value is -1.82. The van der Waals surface area contributed by atoms with Crippen molar-refractivity contribution in [3.8, 4) is 11.6 Å². The number of hydrogen-bond donors (Lipinski definition) is 0. The van der Waals surface area contributed by atoms with Gasteiger partial charge in [0.15, 0.2) is 5.82 Å². The SMILES string of the molecule is Fc1c(CCl)ccnc1Oc1ccccc1C(F)(F)F. The summed E-state index contributed by atoms with van der Waals surface area (Å²) in [5.41, 5.74) is -0.904. The highest BCUT2D eigenvalue weighted by Crippen LogP contribution is 2.38. The van der Waals surface area contributed by atoms with Crippen LogP contribution in [0.4, 0.5) is 17.6 Å². The molecule has 0 unspecified atom stereocenters. The van der Waals surface area contributed by atoms with Crippen LogP contribution in [0.2, 0.25) is 0 Å². The van der Waals surface area contributed by atoms with Crippen molar-refractivity contribution in [2.45, 2.75) is 12.1 Å². The lowest BCUT2D eigenvalue weighted by Crippen LogP contribution is -2.07. The van der Waals surface area contributed by atoms with Gasteiger partial charge in [0.1, 0.15) is 5.75 Å². The number of nitrogens with zero attached hydrogens (tertiary/aromatic N) is 1. The van der Waals surface area contributed by atoms with Gasteiger partial charge in [-0.1, -0.05) is 12.1 Å². The van der Waals surface area contributed by atoms with Gasteiger partial charge < -0.3 is 4.74 Å². The fraction of sp³-hybridized carbons (Fsp3) is 0.154. The second kappa shape index (κ2) is 5.66. The zero-order valence-corrected chi connectivity index (χ0v) is 10.7. The summed E-state index contributed by atoms with van der Waals surface area (Å²) < 4.78 is 57.1. The molecule has 20 heavy (non-hydrogen) atoms. The third-order valence-electron chi connectivity index (χ3n) is 2.48. The van der Waals surface area contributed by atoms with Crippen molar-refractivity contribution in [3.05, 3.63) is 53.5 Å². The Morgan fingerprint density at radius 2 is 1.85 bits per heavy atom. The number of benzene rings is 1. The summed E-state index contributed by atoms with van der Waals surface area (Å²) in [5.74, 6) is -2.07. The molecule has 2 aromatic rings. The van der Waals surface area contributed by atoms with Crippen LogP contribution in [-0.4, -0.2) is 4.98 Å². The molecule has 0 spiro atoms. The Morgan fingerprint density at radius 3 is 2.50 bits per heavy atom. The molecule has 1 aromatic carbocycles. The monoisotopic (exact) mass is 305 g/mol. The predicted octanol–water partition coefficient (Wildman–Crippen LogP) is 4.77. The Bertz CT molecular complexity index is 616. The number of pyridine rings is 1. The molecule has 2 rings (SSSR count). The minimum absolute atomic E-state index is 0.0983. The maximum Gasteiger partial charge on any atom is 0.419 e. The number of para-hydroxylation sites is 1. The van der Waals surface area contributed by atoms with Crippen molar-refractivity contribution < 1.29 is 22.3 Å². The fourth-order valence-electron chi connectivity index (χ4n) is 1.53. The number of ether oxygens (including phenoxy) is 1. The molecule has 0 aliphatic rings. The van der Waals surface area contributed by atoms with E-state index in [-0.39, 0.29) is 11.4 Å². The highest BCUT2D eigenvalue weighted by Gasteiger charge is 2.34. The van der Waals surface area contributed by atoms with Crippen LogP contribution in [0.3, 0.4) is 0 Å². The van der Waals surface area contributed by atoms with Crippen LogP contribution in [0.25, 0.3) is 0 Å². The van der Waals surface area contributed by atoms with Crippen LogP contribution >= 0.6 is 11.6 Å². The number of hydrogen-bond acceptors (Lipinski definition) is 2. The van der Waals surface area contributed by atoms with Gasteiger partial charge in [-0.2, -0.15) is 13.2 Å². The molecule has 0 saturated carbocycles. The van der Waals surface area contributed by atoms with E-state index in [1.807, 2.05) is 0 Å². The summed E-state index contributed by atoms with van der Waals surface area (Å²) >= 11 is 5.51. The third kappa shape index (κ3) is 3.01. The van der Waals surface area contributed by atoms with Gasteiger partial charge in [0.05, 0.1) is 11.4 Å². The zero-order chi connectivity index (χ0) is 14.8. The lowest BCUT2D eigenvalue weighted by Gasteiger charge is -2.13. The second-order valence-corrected chi connectivity index (χ2v) is 4.09. The molecular formula is C13H8ClF4NO. The quantitative estimate of drug-likeness (QED) is 0.602. The molecule has 2 nitrogen and oxygen atoms in total. The van der Waals surface area contributed by atoms with Gasteiger partial charge in [0.2, 0.25) is 0 Å². The molecule has 0 aliphatic carbocycles. The standard InChI is InChI=1S/C13H8ClF4NO/c14-7-8-5-6-19-12(11(8)15)20-10-4-2-1-3-9(10)13(16,17)18/h1-6H,7H2. The Labute approximate surface area is 117 Å².